The van der Waals surface area contributed by atoms with Gasteiger partial charge in [0.15, 0.2) is 5.78 Å². The second kappa shape index (κ2) is 9.29. The van der Waals surface area contributed by atoms with Gasteiger partial charge in [-0.3, -0.25) is 19.0 Å². The van der Waals surface area contributed by atoms with E-state index < -0.39 is 6.04 Å². The number of aromatic nitrogens is 2. The summed E-state index contributed by atoms with van der Waals surface area (Å²) in [6.45, 7) is 5.29. The molecule has 168 valence electrons. The monoisotopic (exact) mass is 479 g/mol. The minimum atomic E-state index is -0.736. The zero-order valence-electron chi connectivity index (χ0n) is 18.4. The molecular formula is C25H22ClN3O3S. The van der Waals surface area contributed by atoms with Crippen LogP contribution in [0.1, 0.15) is 41.5 Å². The Labute approximate surface area is 199 Å². The molecule has 4 aromatic rings. The minimum absolute atomic E-state index is 0.0483. The highest BCUT2D eigenvalue weighted by atomic mass is 35.5. The maximum atomic E-state index is 13.6. The van der Waals surface area contributed by atoms with E-state index in [2.05, 4.69) is 10.3 Å². The van der Waals surface area contributed by atoms with Gasteiger partial charge in [-0.2, -0.15) is 0 Å². The van der Waals surface area contributed by atoms with Crippen molar-refractivity contribution >= 4 is 50.5 Å². The number of ketones is 1. The Morgan fingerprint density at radius 1 is 1.12 bits per heavy atom. The zero-order chi connectivity index (χ0) is 23.7. The lowest BCUT2D eigenvalue weighted by atomic mass is 10.0. The molecule has 1 amide bonds. The molecule has 1 atom stereocenters. The molecule has 0 saturated carbocycles. The fraction of sp³-hybridized carbons (Fsp3) is 0.200. The molecule has 0 spiro atoms. The van der Waals surface area contributed by atoms with E-state index in [0.717, 1.165) is 16.0 Å². The lowest BCUT2D eigenvalue weighted by molar-refractivity contribution is -0.119. The quantitative estimate of drug-likeness (QED) is 0.350. The number of aryl methyl sites for hydroxylation is 1. The van der Waals surface area contributed by atoms with Gasteiger partial charge < -0.3 is 5.32 Å². The van der Waals surface area contributed by atoms with E-state index in [9.17, 15) is 14.4 Å². The highest BCUT2D eigenvalue weighted by Crippen LogP contribution is 2.36. The number of nitrogens with one attached hydrogen (secondary N) is 1. The maximum absolute atomic E-state index is 13.6. The van der Waals surface area contributed by atoms with Crippen molar-refractivity contribution in [1.82, 2.24) is 9.55 Å². The minimum Gasteiger partial charge on any atom is -0.324 e. The van der Waals surface area contributed by atoms with Crippen molar-refractivity contribution in [3.8, 4) is 11.1 Å². The van der Waals surface area contributed by atoms with Gasteiger partial charge in [0, 0.05) is 26.7 Å². The fourth-order valence-electron chi connectivity index (χ4n) is 3.82. The predicted molar refractivity (Wildman–Crippen MR) is 133 cm³/mol. The summed E-state index contributed by atoms with van der Waals surface area (Å²) in [5.41, 5.74) is 2.55. The van der Waals surface area contributed by atoms with Crippen molar-refractivity contribution in [1.29, 1.82) is 0 Å². The number of carbonyl (C=O) groups is 2. The smallest absolute Gasteiger partial charge is 0.263 e. The number of rotatable bonds is 6. The molecule has 6 nitrogen and oxygen atoms in total. The molecule has 0 radical (unpaired) electrons. The lowest BCUT2D eigenvalue weighted by Crippen LogP contribution is -2.33. The first kappa shape index (κ1) is 22.9. The number of anilines is 1. The third-order valence-corrected chi connectivity index (χ3v) is 6.80. The van der Waals surface area contributed by atoms with Crippen molar-refractivity contribution in [2.24, 2.45) is 0 Å². The summed E-state index contributed by atoms with van der Waals surface area (Å²) in [5, 5.41) is 3.96. The van der Waals surface area contributed by atoms with Crippen molar-refractivity contribution in [3.05, 3.63) is 80.7 Å². The van der Waals surface area contributed by atoms with Gasteiger partial charge >= 0.3 is 0 Å². The number of thiophene rings is 1. The zero-order valence-corrected chi connectivity index (χ0v) is 20.0. The molecule has 1 N–H and O–H groups in total. The van der Waals surface area contributed by atoms with E-state index in [-0.39, 0.29) is 17.2 Å². The summed E-state index contributed by atoms with van der Waals surface area (Å²) in [5.74, 6) is -0.371. The molecule has 0 aliphatic carbocycles. The maximum Gasteiger partial charge on any atom is 0.263 e. The molecule has 0 bridgehead atoms. The number of carbonyl (C=O) groups excluding carboxylic acids is 2. The summed E-state index contributed by atoms with van der Waals surface area (Å²) >= 11 is 7.49. The van der Waals surface area contributed by atoms with Crippen LogP contribution in [0.25, 0.3) is 21.3 Å². The van der Waals surface area contributed by atoms with Gasteiger partial charge in [-0.1, -0.05) is 30.7 Å². The second-order valence-corrected chi connectivity index (χ2v) is 9.36. The third kappa shape index (κ3) is 4.47. The van der Waals surface area contributed by atoms with Crippen LogP contribution in [-0.4, -0.2) is 21.2 Å². The number of hydrogen-bond donors (Lipinski definition) is 1. The van der Waals surface area contributed by atoms with Crippen LogP contribution >= 0.6 is 22.9 Å². The highest BCUT2D eigenvalue weighted by Gasteiger charge is 2.24. The molecule has 33 heavy (non-hydrogen) atoms. The number of hydrogen-bond acceptors (Lipinski definition) is 5. The average molecular weight is 480 g/mol. The van der Waals surface area contributed by atoms with Crippen LogP contribution in [0.15, 0.2) is 59.7 Å². The van der Waals surface area contributed by atoms with Crippen LogP contribution < -0.4 is 10.9 Å². The largest absolute Gasteiger partial charge is 0.324 e. The molecule has 2 aromatic heterocycles. The van der Waals surface area contributed by atoms with E-state index in [1.807, 2.05) is 26.0 Å². The van der Waals surface area contributed by atoms with Gasteiger partial charge in [0.25, 0.3) is 5.56 Å². The van der Waals surface area contributed by atoms with Crippen LogP contribution in [0.2, 0.25) is 5.02 Å². The van der Waals surface area contributed by atoms with E-state index in [0.29, 0.717) is 32.9 Å². The fourth-order valence-corrected chi connectivity index (χ4v) is 4.95. The Morgan fingerprint density at radius 2 is 1.79 bits per heavy atom. The molecule has 0 aliphatic rings. The average Bonchev–Trinajstić information content (AvgIpc) is 3.13. The summed E-state index contributed by atoms with van der Waals surface area (Å²) in [6, 6.07) is 13.3. The molecule has 2 aromatic carbocycles. The van der Waals surface area contributed by atoms with Gasteiger partial charge in [0.05, 0.1) is 11.7 Å². The van der Waals surface area contributed by atoms with Gasteiger partial charge in [0.2, 0.25) is 5.91 Å². The Balaban J connectivity index is 1.73. The normalized spacial score (nSPS) is 12.0. The highest BCUT2D eigenvalue weighted by molar-refractivity contribution is 7.19. The van der Waals surface area contributed by atoms with Crippen molar-refractivity contribution < 1.29 is 9.59 Å². The van der Waals surface area contributed by atoms with Crippen molar-refractivity contribution in [3.63, 3.8) is 0 Å². The van der Waals surface area contributed by atoms with Crippen molar-refractivity contribution in [2.45, 2.75) is 33.2 Å². The molecule has 2 heterocycles. The Bertz CT molecular complexity index is 1410. The number of halogens is 1. The third-order valence-electron chi connectivity index (χ3n) is 5.53. The second-order valence-electron chi connectivity index (χ2n) is 7.72. The van der Waals surface area contributed by atoms with Crippen LogP contribution in [0, 0.1) is 6.92 Å². The molecule has 1 unspecified atom stereocenters. The van der Waals surface area contributed by atoms with Crippen LogP contribution in [0.3, 0.4) is 0 Å². The van der Waals surface area contributed by atoms with E-state index in [1.54, 1.807) is 36.4 Å². The number of benzene rings is 2. The van der Waals surface area contributed by atoms with Gasteiger partial charge in [-0.05, 0) is 62.2 Å². The Morgan fingerprint density at radius 3 is 2.39 bits per heavy atom. The van der Waals surface area contributed by atoms with Gasteiger partial charge in [-0.25, -0.2) is 4.98 Å². The summed E-state index contributed by atoms with van der Waals surface area (Å²) in [6.07, 6.45) is 1.85. The first-order chi connectivity index (χ1) is 15.8. The topological polar surface area (TPSA) is 81.1 Å². The molecule has 4 rings (SSSR count). The SMILES string of the molecule is CCC(C(=O)Nc1ccc(C(C)=O)cc1)n1cnc2sc(C)c(-c3ccc(Cl)cc3)c2c1=O. The first-order valence-corrected chi connectivity index (χ1v) is 11.7. The molecule has 0 aliphatic heterocycles. The molecule has 8 heteroatoms. The van der Waals surface area contributed by atoms with Crippen LogP contribution in [0.4, 0.5) is 5.69 Å². The predicted octanol–water partition coefficient (Wildman–Crippen LogP) is 5.88. The van der Waals surface area contributed by atoms with Crippen LogP contribution in [0.5, 0.6) is 0 Å². The van der Waals surface area contributed by atoms with E-state index >= 15 is 0 Å². The number of nitrogens with zero attached hydrogens (tertiary/aromatic N) is 2. The van der Waals surface area contributed by atoms with Crippen LogP contribution in [-0.2, 0) is 4.79 Å². The Hall–Kier alpha value is -3.29. The molecular weight excluding hydrogens is 458 g/mol. The number of fused-ring (bicyclic) bond motifs is 1. The van der Waals surface area contributed by atoms with Gasteiger partial charge in [-0.15, -0.1) is 11.3 Å². The Kier molecular flexibility index (Phi) is 6.44. The number of amides is 1. The summed E-state index contributed by atoms with van der Waals surface area (Å²) in [4.78, 5) is 44.2. The standard InChI is InChI=1S/C25H22ClN3O3S/c1-4-20(23(31)28-19-11-7-16(8-12-19)14(2)30)29-13-27-24-22(25(29)32)21(15(3)33-24)17-5-9-18(26)10-6-17/h5-13,20H,4H2,1-3H3,(H,28,31). The summed E-state index contributed by atoms with van der Waals surface area (Å²) in [7, 11) is 0. The summed E-state index contributed by atoms with van der Waals surface area (Å²) < 4.78 is 1.40. The lowest BCUT2D eigenvalue weighted by Gasteiger charge is -2.18. The first-order valence-electron chi connectivity index (χ1n) is 10.5. The van der Waals surface area contributed by atoms with Gasteiger partial charge in [0.1, 0.15) is 10.9 Å². The van der Waals surface area contributed by atoms with E-state index in [1.165, 1.54) is 29.2 Å². The molecule has 0 saturated heterocycles. The van der Waals surface area contributed by atoms with E-state index in [4.69, 9.17) is 11.6 Å². The number of Topliss-reactive ketones (excluding diaryl/α,β-unsaturated/α-hetero) is 1. The molecule has 0 fully saturated rings. The van der Waals surface area contributed by atoms with Crippen molar-refractivity contribution in [2.75, 3.05) is 5.32 Å².